The number of hydrogen-bond acceptors (Lipinski definition) is 3. The first-order valence-electron chi connectivity index (χ1n) is 4.31. The van der Waals surface area contributed by atoms with Crippen molar-refractivity contribution < 1.29 is 31.9 Å². The number of hydrogen-bond donors (Lipinski definition) is 1. The maximum absolute atomic E-state index is 12.6. The summed E-state index contributed by atoms with van der Waals surface area (Å²) in [7, 11) is 1.17. The number of carbonyl (C=O) groups is 2. The molecule has 0 aromatic heterocycles. The van der Waals surface area contributed by atoms with E-state index in [9.17, 15) is 27.2 Å². The largest absolute Gasteiger partial charge is 0.383 e. The van der Waals surface area contributed by atoms with Crippen LogP contribution in [0.3, 0.4) is 0 Å². The number of Topliss-reactive ketones (excluding diaryl/α,β-unsaturated/α-hetero) is 1. The number of rotatable bonds is 7. The van der Waals surface area contributed by atoms with Gasteiger partial charge in [0.2, 0.25) is 0 Å². The molecule has 0 aliphatic rings. The quantitative estimate of drug-likeness (QED) is 0.561. The van der Waals surface area contributed by atoms with Crippen LogP contribution in [0.15, 0.2) is 0 Å². The van der Waals surface area contributed by atoms with Crippen LogP contribution in [0.2, 0.25) is 0 Å². The molecule has 0 spiro atoms. The van der Waals surface area contributed by atoms with Crippen molar-refractivity contribution in [3.63, 3.8) is 0 Å². The van der Waals surface area contributed by atoms with Crippen LogP contribution in [0.1, 0.15) is 0 Å². The van der Waals surface area contributed by atoms with E-state index in [1.54, 1.807) is 0 Å². The fourth-order valence-corrected chi connectivity index (χ4v) is 1.22. The monoisotopic (exact) mass is 323 g/mol. The Bertz CT molecular complexity index is 288. The van der Waals surface area contributed by atoms with E-state index < -0.39 is 30.1 Å². The van der Waals surface area contributed by atoms with Gasteiger partial charge in [0.25, 0.3) is 5.91 Å². The van der Waals surface area contributed by atoms with Crippen LogP contribution in [0, 0.1) is 0 Å². The molecule has 0 aromatic carbocycles. The number of ether oxygens (including phenoxy) is 1. The van der Waals surface area contributed by atoms with Crippen molar-refractivity contribution in [3.05, 3.63) is 0 Å². The summed E-state index contributed by atoms with van der Waals surface area (Å²) in [6, 6.07) is -1.39. The van der Waals surface area contributed by atoms with Crippen molar-refractivity contribution in [3.8, 4) is 0 Å². The predicted molar refractivity (Wildman–Crippen MR) is 53.6 cm³/mol. The average Bonchev–Trinajstić information content (AvgIpc) is 2.26. The van der Waals surface area contributed by atoms with Crippen molar-refractivity contribution in [2.24, 2.45) is 0 Å². The summed E-state index contributed by atoms with van der Waals surface area (Å²) >= 11 is 2.76. The van der Waals surface area contributed by atoms with Gasteiger partial charge in [0, 0.05) is 7.11 Å². The first kappa shape index (κ1) is 16.3. The Hall–Kier alpha value is -0.700. The van der Waals surface area contributed by atoms with E-state index in [1.807, 2.05) is 0 Å². The maximum atomic E-state index is 12.6. The SMILES string of the molecule is COCC(NC(=O)C(F)(F)C(F)F)C(=O)CBr. The van der Waals surface area contributed by atoms with Crippen LogP contribution in [0.25, 0.3) is 0 Å². The number of alkyl halides is 5. The molecule has 1 amide bonds. The van der Waals surface area contributed by atoms with Gasteiger partial charge in [-0.2, -0.15) is 8.78 Å². The molecule has 0 saturated heterocycles. The van der Waals surface area contributed by atoms with E-state index in [1.165, 1.54) is 12.4 Å². The van der Waals surface area contributed by atoms with Gasteiger partial charge in [0.15, 0.2) is 5.78 Å². The zero-order chi connectivity index (χ0) is 13.6. The molecule has 1 unspecified atom stereocenters. The van der Waals surface area contributed by atoms with Crippen molar-refractivity contribution in [2.45, 2.75) is 18.4 Å². The number of carbonyl (C=O) groups excluding carboxylic acids is 2. The van der Waals surface area contributed by atoms with Gasteiger partial charge in [-0.15, -0.1) is 0 Å². The van der Waals surface area contributed by atoms with Crippen molar-refractivity contribution in [1.82, 2.24) is 5.32 Å². The minimum atomic E-state index is -4.83. The highest BCUT2D eigenvalue weighted by molar-refractivity contribution is 9.09. The molecule has 0 aliphatic carbocycles. The summed E-state index contributed by atoms with van der Waals surface area (Å²) in [5.41, 5.74) is 0. The highest BCUT2D eigenvalue weighted by Crippen LogP contribution is 2.22. The molecule has 0 aromatic rings. The number of nitrogens with one attached hydrogen (secondary N) is 1. The summed E-state index contributed by atoms with van der Waals surface area (Å²) in [6.45, 7) is -0.379. The van der Waals surface area contributed by atoms with Gasteiger partial charge in [-0.3, -0.25) is 9.59 Å². The molecule has 1 atom stereocenters. The minimum absolute atomic E-state index is 0.221. The molecule has 0 saturated carbocycles. The second-order valence-corrected chi connectivity index (χ2v) is 3.57. The Kier molecular flexibility index (Phi) is 6.61. The third kappa shape index (κ3) is 4.58. The topological polar surface area (TPSA) is 55.4 Å². The Morgan fingerprint density at radius 1 is 1.41 bits per heavy atom. The Morgan fingerprint density at radius 2 is 1.94 bits per heavy atom. The fourth-order valence-electron chi connectivity index (χ4n) is 0.828. The van der Waals surface area contributed by atoms with E-state index in [0.717, 1.165) is 0 Å². The highest BCUT2D eigenvalue weighted by Gasteiger charge is 2.49. The smallest absolute Gasteiger partial charge is 0.382 e. The molecule has 0 rings (SSSR count). The lowest BCUT2D eigenvalue weighted by Gasteiger charge is -2.20. The van der Waals surface area contributed by atoms with E-state index in [0.29, 0.717) is 0 Å². The van der Waals surface area contributed by atoms with Crippen LogP contribution in [-0.4, -0.2) is 49.1 Å². The molecule has 0 radical (unpaired) electrons. The molecule has 0 bridgehead atoms. The van der Waals surface area contributed by atoms with Gasteiger partial charge in [0.1, 0.15) is 6.04 Å². The number of halogens is 5. The van der Waals surface area contributed by atoms with E-state index in [4.69, 9.17) is 0 Å². The van der Waals surface area contributed by atoms with E-state index in [2.05, 4.69) is 20.7 Å². The first-order chi connectivity index (χ1) is 7.77. The lowest BCUT2D eigenvalue weighted by molar-refractivity contribution is -0.170. The summed E-state index contributed by atoms with van der Waals surface area (Å²) in [6.07, 6.45) is -4.13. The van der Waals surface area contributed by atoms with E-state index >= 15 is 0 Å². The number of methoxy groups -OCH3 is 1. The maximum Gasteiger partial charge on any atom is 0.383 e. The molecule has 0 heterocycles. The zero-order valence-electron chi connectivity index (χ0n) is 8.68. The standard InChI is InChI=1S/C8H10BrF4NO3/c1-17-3-4(5(15)2-9)14-7(16)8(12,13)6(10)11/h4,6H,2-3H2,1H3,(H,14,16). The summed E-state index contributed by atoms with van der Waals surface area (Å²) in [5.74, 6) is -7.70. The first-order valence-corrected chi connectivity index (χ1v) is 5.44. The van der Waals surface area contributed by atoms with Crippen molar-refractivity contribution in [1.29, 1.82) is 0 Å². The summed E-state index contributed by atoms with van der Waals surface area (Å²) < 4.78 is 53.4. The summed E-state index contributed by atoms with van der Waals surface area (Å²) in [4.78, 5) is 22.0. The van der Waals surface area contributed by atoms with Crippen LogP contribution in [-0.2, 0) is 14.3 Å². The Labute approximate surface area is 103 Å². The number of ketones is 1. The van der Waals surface area contributed by atoms with Gasteiger partial charge in [-0.1, -0.05) is 15.9 Å². The molecule has 9 heteroatoms. The van der Waals surface area contributed by atoms with Crippen LogP contribution < -0.4 is 5.32 Å². The molecule has 4 nitrogen and oxygen atoms in total. The molecule has 0 aliphatic heterocycles. The van der Waals surface area contributed by atoms with Gasteiger partial charge >= 0.3 is 12.3 Å². The minimum Gasteiger partial charge on any atom is -0.382 e. The molecule has 1 N–H and O–H groups in total. The average molecular weight is 324 g/mol. The van der Waals surface area contributed by atoms with Gasteiger partial charge < -0.3 is 10.1 Å². The lowest BCUT2D eigenvalue weighted by atomic mass is 10.2. The second-order valence-electron chi connectivity index (χ2n) is 3.00. The van der Waals surface area contributed by atoms with Crippen molar-refractivity contribution >= 4 is 27.6 Å². The molecule has 17 heavy (non-hydrogen) atoms. The molecular formula is C8H10BrF4NO3. The predicted octanol–water partition coefficient (Wildman–Crippen LogP) is 0.982. The molecule has 0 fully saturated rings. The van der Waals surface area contributed by atoms with E-state index in [-0.39, 0.29) is 11.9 Å². The lowest BCUT2D eigenvalue weighted by Crippen LogP contribution is -2.53. The van der Waals surface area contributed by atoms with Gasteiger partial charge in [-0.25, -0.2) is 8.78 Å². The Balaban J connectivity index is 4.66. The van der Waals surface area contributed by atoms with Crippen LogP contribution in [0.5, 0.6) is 0 Å². The zero-order valence-corrected chi connectivity index (χ0v) is 10.3. The van der Waals surface area contributed by atoms with Crippen molar-refractivity contribution in [2.75, 3.05) is 19.0 Å². The van der Waals surface area contributed by atoms with Crippen LogP contribution >= 0.6 is 15.9 Å². The van der Waals surface area contributed by atoms with Gasteiger partial charge in [-0.05, 0) is 0 Å². The highest BCUT2D eigenvalue weighted by atomic mass is 79.9. The van der Waals surface area contributed by atoms with Gasteiger partial charge in [0.05, 0.1) is 11.9 Å². The third-order valence-corrected chi connectivity index (χ3v) is 2.29. The molecule has 100 valence electrons. The summed E-state index contributed by atoms with van der Waals surface area (Å²) in [5, 5.41) is 1.30. The fraction of sp³-hybridized carbons (Fsp3) is 0.750. The normalized spacial score (nSPS) is 13.6. The Morgan fingerprint density at radius 3 is 2.29 bits per heavy atom. The number of amides is 1. The third-order valence-electron chi connectivity index (χ3n) is 1.74. The van der Waals surface area contributed by atoms with Crippen LogP contribution in [0.4, 0.5) is 17.6 Å². The second kappa shape index (κ2) is 6.90. The molecular weight excluding hydrogens is 314 g/mol.